The second-order valence-electron chi connectivity index (χ2n) is 7.78. The molecule has 0 aliphatic carbocycles. The Kier molecular flexibility index (Phi) is 5.04. The molecule has 0 radical (unpaired) electrons. The molecule has 0 bridgehead atoms. The van der Waals surface area contributed by atoms with Gasteiger partial charge in [0, 0.05) is 31.8 Å². The zero-order valence-corrected chi connectivity index (χ0v) is 15.9. The van der Waals surface area contributed by atoms with Crippen LogP contribution in [0, 0.1) is 5.92 Å². The van der Waals surface area contributed by atoms with Crippen molar-refractivity contribution in [3.63, 3.8) is 0 Å². The number of para-hydroxylation sites is 1. The highest BCUT2D eigenvalue weighted by Gasteiger charge is 2.29. The minimum Gasteiger partial charge on any atom is -0.338 e. The van der Waals surface area contributed by atoms with Gasteiger partial charge in [0.25, 0.3) is 5.91 Å². The number of nitrogens with zero attached hydrogens (tertiary/aromatic N) is 2. The van der Waals surface area contributed by atoms with E-state index in [9.17, 15) is 4.79 Å². The lowest BCUT2D eigenvalue weighted by atomic mass is 9.97. The van der Waals surface area contributed by atoms with Crippen molar-refractivity contribution in [2.75, 3.05) is 32.7 Å². The maximum absolute atomic E-state index is 12.5. The highest BCUT2D eigenvalue weighted by atomic mass is 32.1. The van der Waals surface area contributed by atoms with Gasteiger partial charge in [-0.3, -0.25) is 4.79 Å². The largest absolute Gasteiger partial charge is 0.338 e. The summed E-state index contributed by atoms with van der Waals surface area (Å²) in [5, 5.41) is 1.29. The number of carbonyl (C=O) groups is 1. The molecule has 1 aromatic heterocycles. The van der Waals surface area contributed by atoms with Crippen LogP contribution in [0.4, 0.5) is 0 Å². The normalized spacial score (nSPS) is 25.4. The third-order valence-electron chi connectivity index (χ3n) is 5.89. The van der Waals surface area contributed by atoms with Crippen molar-refractivity contribution in [2.45, 2.75) is 38.5 Å². The van der Waals surface area contributed by atoms with E-state index >= 15 is 0 Å². The number of thiazole rings is 1. The lowest BCUT2D eigenvalue weighted by Crippen LogP contribution is -3.14. The van der Waals surface area contributed by atoms with E-state index in [1.807, 2.05) is 11.3 Å². The summed E-state index contributed by atoms with van der Waals surface area (Å²) >= 11 is 1.85. The molecule has 2 aliphatic heterocycles. The number of aromatic nitrogens is 1. The molecule has 1 N–H and O–H groups in total. The van der Waals surface area contributed by atoms with Crippen molar-refractivity contribution in [2.24, 2.45) is 5.92 Å². The van der Waals surface area contributed by atoms with E-state index in [0.717, 1.165) is 50.5 Å². The first-order valence-corrected chi connectivity index (χ1v) is 10.5. The van der Waals surface area contributed by atoms with Crippen LogP contribution in [-0.4, -0.2) is 48.5 Å². The van der Waals surface area contributed by atoms with Crippen LogP contribution in [-0.2, 0) is 4.79 Å². The van der Waals surface area contributed by atoms with Gasteiger partial charge in [-0.15, -0.1) is 11.3 Å². The van der Waals surface area contributed by atoms with Crippen molar-refractivity contribution in [3.05, 3.63) is 29.3 Å². The second kappa shape index (κ2) is 7.42. The summed E-state index contributed by atoms with van der Waals surface area (Å²) in [6, 6.07) is 8.42. The maximum Gasteiger partial charge on any atom is 0.277 e. The molecule has 5 heteroatoms. The fourth-order valence-electron chi connectivity index (χ4n) is 4.10. The number of amides is 1. The molecule has 134 valence electrons. The summed E-state index contributed by atoms with van der Waals surface area (Å²) in [5.41, 5.74) is 1.13. The standard InChI is InChI=1S/C20H27N3OS/c1-15-6-12-23(13-7-15)19(24)14-22-10-8-16(9-11-22)20-21-17-4-2-3-5-18(17)25-20/h2-5,15-16H,6-14H2,1H3/p+1. The summed E-state index contributed by atoms with van der Waals surface area (Å²) in [6.07, 6.45) is 4.64. The van der Waals surface area contributed by atoms with Gasteiger partial charge in [0.15, 0.2) is 6.54 Å². The lowest BCUT2D eigenvalue weighted by molar-refractivity contribution is -0.897. The summed E-state index contributed by atoms with van der Waals surface area (Å²) in [5.74, 6) is 1.72. The Morgan fingerprint density at radius 2 is 1.92 bits per heavy atom. The monoisotopic (exact) mass is 358 g/mol. The van der Waals surface area contributed by atoms with Gasteiger partial charge in [-0.2, -0.15) is 0 Å². The number of quaternary nitrogens is 1. The third-order valence-corrected chi connectivity index (χ3v) is 7.09. The Hall–Kier alpha value is -1.46. The topological polar surface area (TPSA) is 37.6 Å². The predicted octanol–water partition coefficient (Wildman–Crippen LogP) is 2.32. The number of rotatable bonds is 3. The highest BCUT2D eigenvalue weighted by Crippen LogP contribution is 2.31. The third kappa shape index (κ3) is 3.87. The van der Waals surface area contributed by atoms with Crippen molar-refractivity contribution in [3.8, 4) is 0 Å². The molecule has 1 aromatic carbocycles. The smallest absolute Gasteiger partial charge is 0.277 e. The molecule has 4 nitrogen and oxygen atoms in total. The lowest BCUT2D eigenvalue weighted by Gasteiger charge is -2.33. The van der Waals surface area contributed by atoms with E-state index in [1.165, 1.54) is 27.4 Å². The zero-order chi connectivity index (χ0) is 17.2. The Balaban J connectivity index is 1.30. The molecule has 3 heterocycles. The number of hydrogen-bond donors (Lipinski definition) is 1. The van der Waals surface area contributed by atoms with Crippen molar-refractivity contribution < 1.29 is 9.69 Å². The molecular formula is C20H28N3OS+. The van der Waals surface area contributed by atoms with Crippen LogP contribution < -0.4 is 4.90 Å². The summed E-state index contributed by atoms with van der Waals surface area (Å²) in [4.78, 5) is 20.9. The average Bonchev–Trinajstić information content (AvgIpc) is 3.07. The molecule has 25 heavy (non-hydrogen) atoms. The van der Waals surface area contributed by atoms with Crippen molar-refractivity contribution in [1.82, 2.24) is 9.88 Å². The molecule has 2 fully saturated rings. The minimum absolute atomic E-state index is 0.361. The molecule has 2 aliphatic rings. The van der Waals surface area contributed by atoms with Crippen LogP contribution in [0.5, 0.6) is 0 Å². The first-order valence-electron chi connectivity index (χ1n) is 9.66. The molecular weight excluding hydrogens is 330 g/mol. The Morgan fingerprint density at radius 3 is 2.64 bits per heavy atom. The van der Waals surface area contributed by atoms with Crippen LogP contribution in [0.25, 0.3) is 10.2 Å². The Morgan fingerprint density at radius 1 is 1.20 bits per heavy atom. The molecule has 0 spiro atoms. The second-order valence-corrected chi connectivity index (χ2v) is 8.85. The number of piperidine rings is 2. The summed E-state index contributed by atoms with van der Waals surface area (Å²) in [6.45, 7) is 7.08. The van der Waals surface area contributed by atoms with Crippen LogP contribution >= 0.6 is 11.3 Å². The van der Waals surface area contributed by atoms with E-state index in [-0.39, 0.29) is 0 Å². The number of fused-ring (bicyclic) bond motifs is 1. The molecule has 4 rings (SSSR count). The van der Waals surface area contributed by atoms with Crippen molar-refractivity contribution >= 4 is 27.5 Å². The van der Waals surface area contributed by atoms with E-state index in [0.29, 0.717) is 18.4 Å². The van der Waals surface area contributed by atoms with Gasteiger partial charge >= 0.3 is 0 Å². The van der Waals surface area contributed by atoms with Gasteiger partial charge in [-0.1, -0.05) is 19.1 Å². The average molecular weight is 359 g/mol. The molecule has 1 amide bonds. The molecule has 2 saturated heterocycles. The maximum atomic E-state index is 12.5. The Labute approximate surface area is 153 Å². The molecule has 2 aromatic rings. The zero-order valence-electron chi connectivity index (χ0n) is 15.0. The van der Waals surface area contributed by atoms with Crippen LogP contribution in [0.15, 0.2) is 24.3 Å². The van der Waals surface area contributed by atoms with Crippen LogP contribution in [0.2, 0.25) is 0 Å². The fraction of sp³-hybridized carbons (Fsp3) is 0.600. The minimum atomic E-state index is 0.361. The van der Waals surface area contributed by atoms with E-state index in [4.69, 9.17) is 4.98 Å². The summed E-state index contributed by atoms with van der Waals surface area (Å²) < 4.78 is 1.29. The predicted molar refractivity (Wildman–Crippen MR) is 102 cm³/mol. The van der Waals surface area contributed by atoms with Gasteiger partial charge < -0.3 is 9.80 Å². The van der Waals surface area contributed by atoms with Gasteiger partial charge in [0.2, 0.25) is 0 Å². The van der Waals surface area contributed by atoms with Gasteiger partial charge in [-0.25, -0.2) is 4.98 Å². The molecule has 0 unspecified atom stereocenters. The van der Waals surface area contributed by atoms with Crippen molar-refractivity contribution in [1.29, 1.82) is 0 Å². The first-order chi connectivity index (χ1) is 12.2. The number of carbonyl (C=O) groups excluding carboxylic acids is 1. The first kappa shape index (κ1) is 17.0. The van der Waals surface area contributed by atoms with Crippen LogP contribution in [0.3, 0.4) is 0 Å². The van der Waals surface area contributed by atoms with Gasteiger partial charge in [-0.05, 0) is 30.9 Å². The number of likely N-dealkylation sites (tertiary alicyclic amines) is 2. The van der Waals surface area contributed by atoms with E-state index in [1.54, 1.807) is 0 Å². The SMILES string of the molecule is CC1CCN(C(=O)C[NH+]2CCC(c3nc4ccccc4s3)CC2)CC1. The number of hydrogen-bond acceptors (Lipinski definition) is 3. The van der Waals surface area contributed by atoms with E-state index in [2.05, 4.69) is 36.1 Å². The quantitative estimate of drug-likeness (QED) is 0.914. The van der Waals surface area contributed by atoms with Gasteiger partial charge in [0.05, 0.1) is 28.3 Å². The fourth-order valence-corrected chi connectivity index (χ4v) is 5.23. The molecule has 0 atom stereocenters. The summed E-state index contributed by atoms with van der Waals surface area (Å²) in [7, 11) is 0. The Bertz CT molecular complexity index is 694. The molecule has 0 saturated carbocycles. The van der Waals surface area contributed by atoms with Crippen LogP contribution in [0.1, 0.15) is 43.5 Å². The number of benzene rings is 1. The highest BCUT2D eigenvalue weighted by molar-refractivity contribution is 7.18. The van der Waals surface area contributed by atoms with E-state index < -0.39 is 0 Å². The van der Waals surface area contributed by atoms with Gasteiger partial charge in [0.1, 0.15) is 0 Å². The number of nitrogens with one attached hydrogen (secondary N) is 1.